The van der Waals surface area contributed by atoms with Gasteiger partial charge in [0.15, 0.2) is 16.6 Å². The minimum Gasteiger partial charge on any atom is -0.361 e. The molecule has 0 unspecified atom stereocenters. The molecular weight excluding hydrogens is 360 g/mol. The highest BCUT2D eigenvalue weighted by atomic mass is 32.1. The Kier molecular flexibility index (Phi) is 4.89. The third kappa shape index (κ3) is 3.57. The fourth-order valence-electron chi connectivity index (χ4n) is 3.34. The van der Waals surface area contributed by atoms with Crippen LogP contribution < -0.4 is 15.1 Å². The summed E-state index contributed by atoms with van der Waals surface area (Å²) < 4.78 is 0.952. The SMILES string of the molecule is CN(C)c1ncnc2nc(N3CCC[C@@H]3C(=O)NCc3ccccc3)sc12. The van der Waals surface area contributed by atoms with E-state index in [-0.39, 0.29) is 11.9 Å². The minimum atomic E-state index is -0.190. The molecule has 0 aliphatic carbocycles. The lowest BCUT2D eigenvalue weighted by atomic mass is 10.2. The van der Waals surface area contributed by atoms with Gasteiger partial charge in [0, 0.05) is 27.2 Å². The summed E-state index contributed by atoms with van der Waals surface area (Å²) in [5.41, 5.74) is 1.78. The van der Waals surface area contributed by atoms with Gasteiger partial charge in [-0.25, -0.2) is 9.97 Å². The van der Waals surface area contributed by atoms with E-state index in [0.717, 1.165) is 40.6 Å². The number of amides is 1. The Bertz CT molecular complexity index is 942. The van der Waals surface area contributed by atoms with Crippen LogP contribution in [-0.4, -0.2) is 47.5 Å². The van der Waals surface area contributed by atoms with E-state index in [1.807, 2.05) is 49.3 Å². The van der Waals surface area contributed by atoms with E-state index in [2.05, 4.69) is 25.2 Å². The van der Waals surface area contributed by atoms with Gasteiger partial charge in [0.1, 0.15) is 17.1 Å². The van der Waals surface area contributed by atoms with Crippen LogP contribution in [0, 0.1) is 0 Å². The molecular formula is C19H22N6OS. The van der Waals surface area contributed by atoms with Crippen LogP contribution in [0.3, 0.4) is 0 Å². The molecule has 1 aromatic carbocycles. The van der Waals surface area contributed by atoms with Gasteiger partial charge in [-0.05, 0) is 18.4 Å². The Labute approximate surface area is 162 Å². The van der Waals surface area contributed by atoms with Crippen LogP contribution in [0.2, 0.25) is 0 Å². The van der Waals surface area contributed by atoms with Gasteiger partial charge in [-0.1, -0.05) is 41.7 Å². The molecule has 140 valence electrons. The van der Waals surface area contributed by atoms with Crippen molar-refractivity contribution in [1.82, 2.24) is 20.3 Å². The standard InChI is InChI=1S/C19H22N6OS/c1-24(2)17-15-16(21-12-22-17)23-19(27-15)25-10-6-9-14(25)18(26)20-11-13-7-4-3-5-8-13/h3-5,7-8,12,14H,6,9-11H2,1-2H3,(H,20,26)/t14-/m1/s1. The van der Waals surface area contributed by atoms with E-state index in [0.29, 0.717) is 12.2 Å². The number of nitrogens with one attached hydrogen (secondary N) is 1. The lowest BCUT2D eigenvalue weighted by Gasteiger charge is -2.23. The lowest BCUT2D eigenvalue weighted by Crippen LogP contribution is -2.43. The van der Waals surface area contributed by atoms with Crippen molar-refractivity contribution < 1.29 is 4.79 Å². The Morgan fingerprint density at radius 1 is 1.30 bits per heavy atom. The molecule has 0 radical (unpaired) electrons. The first-order chi connectivity index (χ1) is 13.1. The average molecular weight is 382 g/mol. The van der Waals surface area contributed by atoms with Gasteiger partial charge in [-0.3, -0.25) is 4.79 Å². The molecule has 1 fully saturated rings. The van der Waals surface area contributed by atoms with Crippen LogP contribution in [0.4, 0.5) is 10.9 Å². The van der Waals surface area contributed by atoms with Crippen molar-refractivity contribution in [2.24, 2.45) is 0 Å². The van der Waals surface area contributed by atoms with E-state index in [1.165, 1.54) is 6.33 Å². The van der Waals surface area contributed by atoms with E-state index < -0.39 is 0 Å². The van der Waals surface area contributed by atoms with Crippen LogP contribution >= 0.6 is 11.3 Å². The molecule has 1 amide bonds. The molecule has 7 nitrogen and oxygen atoms in total. The summed E-state index contributed by atoms with van der Waals surface area (Å²) in [4.78, 5) is 30.2. The van der Waals surface area contributed by atoms with Crippen molar-refractivity contribution in [1.29, 1.82) is 0 Å². The maximum Gasteiger partial charge on any atom is 0.243 e. The van der Waals surface area contributed by atoms with Crippen LogP contribution in [0.5, 0.6) is 0 Å². The first kappa shape index (κ1) is 17.7. The minimum absolute atomic E-state index is 0.0505. The molecule has 3 heterocycles. The zero-order chi connectivity index (χ0) is 18.8. The highest BCUT2D eigenvalue weighted by Gasteiger charge is 2.33. The predicted molar refractivity (Wildman–Crippen MR) is 108 cm³/mol. The largest absolute Gasteiger partial charge is 0.361 e. The summed E-state index contributed by atoms with van der Waals surface area (Å²) in [6, 6.07) is 9.78. The first-order valence-electron chi connectivity index (χ1n) is 9.00. The van der Waals surface area contributed by atoms with E-state index in [9.17, 15) is 4.79 Å². The number of carbonyl (C=O) groups excluding carboxylic acids is 1. The van der Waals surface area contributed by atoms with Gasteiger partial charge in [0.25, 0.3) is 0 Å². The van der Waals surface area contributed by atoms with E-state index in [1.54, 1.807) is 11.3 Å². The maximum atomic E-state index is 12.8. The molecule has 1 aliphatic heterocycles. The molecule has 2 aromatic heterocycles. The van der Waals surface area contributed by atoms with Gasteiger partial charge >= 0.3 is 0 Å². The summed E-state index contributed by atoms with van der Waals surface area (Å²) in [5, 5.41) is 3.90. The third-order valence-electron chi connectivity index (χ3n) is 4.70. The second kappa shape index (κ2) is 7.48. The number of benzene rings is 1. The van der Waals surface area contributed by atoms with Gasteiger partial charge in [-0.15, -0.1) is 0 Å². The van der Waals surface area contributed by atoms with E-state index >= 15 is 0 Å². The molecule has 1 aliphatic rings. The second-order valence-electron chi connectivity index (χ2n) is 6.80. The molecule has 1 atom stereocenters. The fourth-order valence-corrected chi connectivity index (χ4v) is 4.51. The van der Waals surface area contributed by atoms with Crippen molar-refractivity contribution in [3.8, 4) is 0 Å². The summed E-state index contributed by atoms with van der Waals surface area (Å²) in [6.45, 7) is 1.37. The number of anilines is 2. The smallest absolute Gasteiger partial charge is 0.243 e. The molecule has 1 N–H and O–H groups in total. The number of nitrogens with zero attached hydrogens (tertiary/aromatic N) is 5. The Balaban J connectivity index is 1.53. The van der Waals surface area contributed by atoms with E-state index in [4.69, 9.17) is 0 Å². The molecule has 27 heavy (non-hydrogen) atoms. The molecule has 0 bridgehead atoms. The van der Waals surface area contributed by atoms with Crippen LogP contribution in [0.25, 0.3) is 10.3 Å². The number of hydrogen-bond donors (Lipinski definition) is 1. The average Bonchev–Trinajstić information content (AvgIpc) is 3.33. The van der Waals surface area contributed by atoms with Gasteiger partial charge in [0.2, 0.25) is 5.91 Å². The normalized spacial score (nSPS) is 16.7. The third-order valence-corrected chi connectivity index (χ3v) is 5.77. The number of thiazole rings is 1. The van der Waals surface area contributed by atoms with Gasteiger partial charge in [-0.2, -0.15) is 4.98 Å². The Morgan fingerprint density at radius 3 is 2.89 bits per heavy atom. The molecule has 1 saturated heterocycles. The summed E-state index contributed by atoms with van der Waals surface area (Å²) in [7, 11) is 3.91. The van der Waals surface area contributed by atoms with Crippen LogP contribution in [0.15, 0.2) is 36.7 Å². The number of rotatable bonds is 5. The fraction of sp³-hybridized carbons (Fsp3) is 0.368. The highest BCUT2D eigenvalue weighted by Crippen LogP contribution is 2.35. The summed E-state index contributed by atoms with van der Waals surface area (Å²) in [6.07, 6.45) is 3.35. The topological polar surface area (TPSA) is 74.2 Å². The Hall–Kier alpha value is -2.74. The summed E-state index contributed by atoms with van der Waals surface area (Å²) in [5.74, 6) is 0.905. The molecule has 4 rings (SSSR count). The van der Waals surface area contributed by atoms with Crippen molar-refractivity contribution >= 4 is 38.5 Å². The zero-order valence-corrected chi connectivity index (χ0v) is 16.2. The molecule has 3 aromatic rings. The summed E-state index contributed by atoms with van der Waals surface area (Å²) >= 11 is 1.55. The highest BCUT2D eigenvalue weighted by molar-refractivity contribution is 7.22. The van der Waals surface area contributed by atoms with Crippen molar-refractivity contribution in [2.75, 3.05) is 30.4 Å². The Morgan fingerprint density at radius 2 is 2.11 bits per heavy atom. The predicted octanol–water partition coefficient (Wildman–Crippen LogP) is 2.44. The van der Waals surface area contributed by atoms with Crippen LogP contribution in [0.1, 0.15) is 18.4 Å². The molecule has 8 heteroatoms. The number of fused-ring (bicyclic) bond motifs is 1. The first-order valence-corrected chi connectivity index (χ1v) is 9.82. The number of aromatic nitrogens is 3. The molecule has 0 saturated carbocycles. The quantitative estimate of drug-likeness (QED) is 0.731. The maximum absolute atomic E-state index is 12.8. The van der Waals surface area contributed by atoms with Gasteiger partial charge < -0.3 is 15.1 Å². The molecule has 0 spiro atoms. The number of carbonyl (C=O) groups is 1. The monoisotopic (exact) mass is 382 g/mol. The van der Waals surface area contributed by atoms with Crippen molar-refractivity contribution in [3.63, 3.8) is 0 Å². The van der Waals surface area contributed by atoms with Crippen molar-refractivity contribution in [3.05, 3.63) is 42.2 Å². The lowest BCUT2D eigenvalue weighted by molar-refractivity contribution is -0.122. The van der Waals surface area contributed by atoms with Crippen molar-refractivity contribution in [2.45, 2.75) is 25.4 Å². The second-order valence-corrected chi connectivity index (χ2v) is 7.77. The van der Waals surface area contributed by atoms with Crippen LogP contribution in [-0.2, 0) is 11.3 Å². The zero-order valence-electron chi connectivity index (χ0n) is 15.4. The number of hydrogen-bond acceptors (Lipinski definition) is 7. The van der Waals surface area contributed by atoms with Gasteiger partial charge in [0.05, 0.1) is 0 Å².